The number of nitrogens with zero attached hydrogens (tertiary/aromatic N) is 3. The summed E-state index contributed by atoms with van der Waals surface area (Å²) in [6.45, 7) is 5.07. The molecule has 6 N–H and O–H groups in total. The molecule has 3 aliphatic heterocycles. The van der Waals surface area contributed by atoms with Crippen LogP contribution in [0.5, 0.6) is 5.75 Å². The fourth-order valence-corrected chi connectivity index (χ4v) is 8.05. The van der Waals surface area contributed by atoms with Gasteiger partial charge in [0.2, 0.25) is 18.3 Å². The Bertz CT molecular complexity index is 2570. The van der Waals surface area contributed by atoms with Crippen LogP contribution < -0.4 is 26.2 Å². The lowest BCUT2D eigenvalue weighted by atomic mass is 9.99. The molecule has 8 rings (SSSR count). The van der Waals surface area contributed by atoms with Gasteiger partial charge in [0.05, 0.1) is 41.4 Å². The third-order valence-electron chi connectivity index (χ3n) is 11.1. The molecule has 1 amide bonds. The fourth-order valence-electron chi connectivity index (χ4n) is 7.79. The first-order valence-corrected chi connectivity index (χ1v) is 20.4. The Morgan fingerprint density at radius 1 is 1.06 bits per heavy atom. The molecule has 0 unspecified atom stereocenters. The van der Waals surface area contributed by atoms with Crippen molar-refractivity contribution in [2.45, 2.75) is 89.2 Å². The second kappa shape index (κ2) is 17.6. The van der Waals surface area contributed by atoms with Crippen LogP contribution in [-0.2, 0) is 52.9 Å². The third kappa shape index (κ3) is 8.49. The number of methoxy groups -OCH3 is 1. The molecule has 324 valence electrons. The summed E-state index contributed by atoms with van der Waals surface area (Å²) in [6.07, 6.45) is -3.39. The lowest BCUT2D eigenvalue weighted by molar-refractivity contribution is -0.272. The van der Waals surface area contributed by atoms with Crippen molar-refractivity contribution in [2.75, 3.05) is 12.4 Å². The topological polar surface area (TPSA) is 237 Å². The van der Waals surface area contributed by atoms with Crippen molar-refractivity contribution in [3.05, 3.63) is 106 Å². The van der Waals surface area contributed by atoms with Gasteiger partial charge in [0, 0.05) is 47.6 Å². The maximum Gasteiger partial charge on any atom is 0.352 e. The van der Waals surface area contributed by atoms with Gasteiger partial charge in [0.1, 0.15) is 42.8 Å². The van der Waals surface area contributed by atoms with Gasteiger partial charge in [0.15, 0.2) is 5.11 Å². The fraction of sp³-hybridized carbons (Fsp3) is 0.372. The van der Waals surface area contributed by atoms with Crippen LogP contribution in [0.1, 0.15) is 49.3 Å². The summed E-state index contributed by atoms with van der Waals surface area (Å²) in [4.78, 5) is 67.0. The molecule has 0 spiro atoms. The van der Waals surface area contributed by atoms with Crippen LogP contribution in [0, 0.1) is 5.92 Å². The molecule has 3 aromatic heterocycles. The van der Waals surface area contributed by atoms with Gasteiger partial charge >= 0.3 is 11.9 Å². The number of nitrogens with one attached hydrogen (secondary N) is 4. The van der Waals surface area contributed by atoms with Crippen LogP contribution in [-0.4, -0.2) is 103 Å². The second-order valence-electron chi connectivity index (χ2n) is 15.7. The number of cyclic esters (lactones) is 1. The monoisotopic (exact) mass is 867 g/mol. The van der Waals surface area contributed by atoms with Gasteiger partial charge in [-0.1, -0.05) is 32.0 Å². The van der Waals surface area contributed by atoms with Crippen molar-refractivity contribution in [2.24, 2.45) is 5.92 Å². The van der Waals surface area contributed by atoms with Crippen molar-refractivity contribution in [1.82, 2.24) is 30.2 Å². The summed E-state index contributed by atoms with van der Waals surface area (Å²) in [5.74, 6) is -2.52. The van der Waals surface area contributed by atoms with Crippen molar-refractivity contribution in [3.8, 4) is 17.1 Å². The van der Waals surface area contributed by atoms with E-state index in [9.17, 15) is 29.4 Å². The van der Waals surface area contributed by atoms with E-state index in [0.29, 0.717) is 28.5 Å². The summed E-state index contributed by atoms with van der Waals surface area (Å²) in [5.41, 5.74) is 3.80. The van der Waals surface area contributed by atoms with Gasteiger partial charge in [-0.05, 0) is 67.5 Å². The number of para-hydroxylation sites is 1. The number of aliphatic hydroxyl groups is 2. The zero-order valence-electron chi connectivity index (χ0n) is 34.1. The second-order valence-corrected chi connectivity index (χ2v) is 16.1. The number of hydrogen-bond donors (Lipinski definition) is 6. The Labute approximate surface area is 359 Å². The van der Waals surface area contributed by atoms with E-state index in [2.05, 4.69) is 25.9 Å². The average Bonchev–Trinajstić information content (AvgIpc) is 3.90. The van der Waals surface area contributed by atoms with Crippen LogP contribution in [0.25, 0.3) is 22.3 Å². The first kappa shape index (κ1) is 42.4. The number of ether oxygens (including phenoxy) is 5. The Morgan fingerprint density at radius 2 is 1.84 bits per heavy atom. The van der Waals surface area contributed by atoms with E-state index >= 15 is 0 Å². The highest BCUT2D eigenvalue weighted by molar-refractivity contribution is 7.80. The predicted molar refractivity (Wildman–Crippen MR) is 226 cm³/mol. The minimum absolute atomic E-state index is 0.0724. The summed E-state index contributed by atoms with van der Waals surface area (Å²) >= 11 is 5.60. The number of benzene rings is 2. The molecule has 1 saturated heterocycles. The van der Waals surface area contributed by atoms with E-state index in [1.165, 1.54) is 13.4 Å². The summed E-state index contributed by atoms with van der Waals surface area (Å²) in [7, 11) is 1.38. The number of carbonyl (C=O) groups is 3. The van der Waals surface area contributed by atoms with Gasteiger partial charge in [0.25, 0.3) is 5.56 Å². The van der Waals surface area contributed by atoms with Crippen molar-refractivity contribution < 1.29 is 48.3 Å². The van der Waals surface area contributed by atoms with E-state index in [4.69, 9.17) is 40.9 Å². The molecule has 6 heterocycles. The normalized spacial score (nSPS) is 22.4. The Morgan fingerprint density at radius 3 is 2.56 bits per heavy atom. The number of fused-ring (bicyclic) bond motifs is 5. The van der Waals surface area contributed by atoms with Crippen LogP contribution in [0.4, 0.5) is 5.69 Å². The van der Waals surface area contributed by atoms with E-state index in [1.807, 2.05) is 30.3 Å². The minimum Gasteiger partial charge on any atom is -0.462 e. The molecule has 0 bridgehead atoms. The molecule has 2 aromatic carbocycles. The molecule has 8 atom stereocenters. The highest BCUT2D eigenvalue weighted by Gasteiger charge is 2.44. The highest BCUT2D eigenvalue weighted by Crippen LogP contribution is 2.36. The Balaban J connectivity index is 0.955. The maximum atomic E-state index is 14.0. The first-order valence-electron chi connectivity index (χ1n) is 20.0. The van der Waals surface area contributed by atoms with Crippen molar-refractivity contribution in [1.29, 1.82) is 0 Å². The first-order chi connectivity index (χ1) is 29.8. The number of aliphatic hydroxyl groups excluding tert-OH is 2. The largest absolute Gasteiger partial charge is 0.462 e. The van der Waals surface area contributed by atoms with Crippen LogP contribution in [0.2, 0.25) is 0 Å². The number of rotatable bonds is 12. The highest BCUT2D eigenvalue weighted by atomic mass is 32.1. The molecule has 19 heteroatoms. The zero-order valence-corrected chi connectivity index (χ0v) is 34.9. The third-order valence-corrected chi connectivity index (χ3v) is 11.4. The maximum absolute atomic E-state index is 14.0. The zero-order chi connectivity index (χ0) is 43.8. The number of imidazole rings is 1. The van der Waals surface area contributed by atoms with Crippen molar-refractivity contribution >= 4 is 51.8 Å². The Kier molecular flexibility index (Phi) is 12.1. The molecular formula is C43H45N7O11S. The number of aromatic amines is 1. The number of carbonyl (C=O) groups excluding carboxylic acids is 3. The van der Waals surface area contributed by atoms with Crippen LogP contribution in [0.3, 0.4) is 0 Å². The number of aromatic nitrogens is 4. The van der Waals surface area contributed by atoms with Crippen LogP contribution in [0.15, 0.2) is 78.0 Å². The van der Waals surface area contributed by atoms with E-state index in [1.54, 1.807) is 61.9 Å². The average molecular weight is 868 g/mol. The molecule has 0 aliphatic carbocycles. The molecule has 5 aromatic rings. The quantitative estimate of drug-likeness (QED) is 0.0765. The number of esters is 2. The van der Waals surface area contributed by atoms with Crippen LogP contribution >= 0.6 is 12.2 Å². The van der Waals surface area contributed by atoms with Gasteiger partial charge in [-0.3, -0.25) is 9.59 Å². The Hall–Kier alpha value is -6.25. The SMILES string of the molecule is CO[C@H]1[C@H](O)[C@@H](Oc2ccc(NC(=S)N[C@@H](Cc3cnc[nH]3)C(=O)N[C@H](C(=O)O[C@@H]3C(=O)OCc4c3cc3n(c4=O)Cc4cc5ccccc5nc4-3)C(C)C)cc2)O[C@@H](C)[C@H]1O. The number of anilines is 1. The summed E-state index contributed by atoms with van der Waals surface area (Å²) < 4.78 is 29.5. The minimum atomic E-state index is -1.57. The predicted octanol–water partition coefficient (Wildman–Crippen LogP) is 2.39. The van der Waals surface area contributed by atoms with Gasteiger partial charge in [-0.15, -0.1) is 0 Å². The molecule has 0 radical (unpaired) electrons. The molecular weight excluding hydrogens is 823 g/mol. The lowest BCUT2D eigenvalue weighted by Gasteiger charge is -2.40. The number of pyridine rings is 2. The molecule has 18 nitrogen and oxygen atoms in total. The van der Waals surface area contributed by atoms with Gasteiger partial charge in [-0.2, -0.15) is 0 Å². The molecule has 1 fully saturated rings. The number of hydrogen-bond acceptors (Lipinski definition) is 14. The molecule has 3 aliphatic rings. The van der Waals surface area contributed by atoms with E-state index in [-0.39, 0.29) is 41.4 Å². The van der Waals surface area contributed by atoms with E-state index in [0.717, 1.165) is 16.5 Å². The number of H-pyrrole nitrogens is 1. The lowest BCUT2D eigenvalue weighted by Crippen LogP contribution is -2.59. The molecule has 62 heavy (non-hydrogen) atoms. The summed E-state index contributed by atoms with van der Waals surface area (Å²) in [6, 6.07) is 15.5. The standard InChI is InChI=1S/C43H45N7O11S/c1-20(2)32(40(55)61-36-27-15-31-33-23(13-22-7-5-6-8-29(22)47-33)17-50(31)39(54)28(27)18-58-41(36)56)49-38(53)30(14-25-16-44-19-45-25)48-43(62)46-24-9-11-26(12-10-24)60-42-35(52)37(57-4)34(51)21(3)59-42/h5-13,15-16,19-21,30,32,34-37,42,51-52H,14,17-18H2,1-4H3,(H,44,45)(H,49,53)(H2,46,48,62)/t21-,30-,32-,34+,35-,36-,37+,42+/m0/s1. The molecule has 0 saturated carbocycles. The van der Waals surface area contributed by atoms with Gasteiger partial charge < -0.3 is 59.4 Å². The number of amides is 1. The van der Waals surface area contributed by atoms with Crippen molar-refractivity contribution in [3.63, 3.8) is 0 Å². The number of thiocarbonyl (C=S) groups is 1. The smallest absolute Gasteiger partial charge is 0.352 e. The summed E-state index contributed by atoms with van der Waals surface area (Å²) in [5, 5.41) is 30.7. The van der Waals surface area contributed by atoms with Gasteiger partial charge in [-0.25, -0.2) is 19.6 Å². The van der Waals surface area contributed by atoms with E-state index < -0.39 is 72.7 Å².